The third-order valence-corrected chi connectivity index (χ3v) is 4.96. The zero-order chi connectivity index (χ0) is 20.3. The van der Waals surface area contributed by atoms with E-state index < -0.39 is 12.1 Å². The maximum Gasteiger partial charge on any atom is 0.288 e. The van der Waals surface area contributed by atoms with Crippen LogP contribution in [0.25, 0.3) is 0 Å². The molecule has 158 valence electrons. The number of carbonyl (C=O) groups excluding carboxylic acids is 1. The molecular formula is C22H40O5. The lowest BCUT2D eigenvalue weighted by atomic mass is 9.91. The molecule has 0 bridgehead atoms. The number of unbranched alkanes of at least 4 members (excludes halogenated alkanes) is 5. The van der Waals surface area contributed by atoms with Crippen LogP contribution in [0.2, 0.25) is 0 Å². The van der Waals surface area contributed by atoms with Crippen LogP contribution in [0, 0.1) is 5.92 Å². The minimum atomic E-state index is -1.16. The van der Waals surface area contributed by atoms with Crippen molar-refractivity contribution < 1.29 is 23.7 Å². The minimum Gasteiger partial charge on any atom is -0.360 e. The van der Waals surface area contributed by atoms with Crippen LogP contribution in [0.15, 0.2) is 12.2 Å². The fourth-order valence-corrected chi connectivity index (χ4v) is 3.62. The fraction of sp³-hybridized carbons (Fsp3) is 0.864. The smallest absolute Gasteiger partial charge is 0.288 e. The summed E-state index contributed by atoms with van der Waals surface area (Å²) in [5, 5.41) is 0. The van der Waals surface area contributed by atoms with Crippen molar-refractivity contribution >= 4 is 5.78 Å². The number of hydrogen-bond acceptors (Lipinski definition) is 5. The van der Waals surface area contributed by atoms with Crippen molar-refractivity contribution in [2.24, 2.45) is 5.92 Å². The van der Waals surface area contributed by atoms with E-state index in [1.54, 1.807) is 6.92 Å². The summed E-state index contributed by atoms with van der Waals surface area (Å²) < 4.78 is 23.8. The Morgan fingerprint density at radius 2 is 1.48 bits per heavy atom. The first-order chi connectivity index (χ1) is 13.0. The van der Waals surface area contributed by atoms with Gasteiger partial charge in [-0.25, -0.2) is 0 Å². The molecule has 0 aliphatic carbocycles. The molecule has 0 aromatic rings. The summed E-state index contributed by atoms with van der Waals surface area (Å²) in [5.74, 6) is -1.33. The lowest BCUT2D eigenvalue weighted by molar-refractivity contribution is -0.404. The Hall–Kier alpha value is -0.750. The van der Waals surface area contributed by atoms with Crippen molar-refractivity contribution in [3.05, 3.63) is 12.2 Å². The Morgan fingerprint density at radius 3 is 1.96 bits per heavy atom. The molecule has 5 nitrogen and oxygen atoms in total. The van der Waals surface area contributed by atoms with Gasteiger partial charge in [0.2, 0.25) is 0 Å². The fourth-order valence-electron chi connectivity index (χ4n) is 3.62. The molecule has 1 aliphatic heterocycles. The van der Waals surface area contributed by atoms with Crippen LogP contribution in [0.4, 0.5) is 0 Å². The number of rotatable bonds is 17. The molecule has 0 aromatic heterocycles. The maximum atomic E-state index is 12.3. The van der Waals surface area contributed by atoms with Gasteiger partial charge in [-0.05, 0) is 39.7 Å². The summed E-state index contributed by atoms with van der Waals surface area (Å²) in [6.45, 7) is 14.9. The van der Waals surface area contributed by atoms with E-state index in [1.165, 1.54) is 25.7 Å². The molecule has 1 heterocycles. The standard InChI is InChI=1S/C22H40O5/c1-7-11-12-13-14-15-16-18(20-21(27-20)19(23)17(5)6)22(24-8-2,25-9-3)26-10-4/h18,20-21H,5,7-16H2,1-4,6H3. The van der Waals surface area contributed by atoms with E-state index in [0.29, 0.717) is 25.4 Å². The highest BCUT2D eigenvalue weighted by Gasteiger charge is 2.58. The van der Waals surface area contributed by atoms with Crippen molar-refractivity contribution in [3.8, 4) is 0 Å². The maximum absolute atomic E-state index is 12.3. The number of ether oxygens (including phenoxy) is 4. The summed E-state index contributed by atoms with van der Waals surface area (Å²) in [5.41, 5.74) is 0.524. The summed E-state index contributed by atoms with van der Waals surface area (Å²) in [6.07, 6.45) is 7.37. The van der Waals surface area contributed by atoms with Crippen LogP contribution in [0.3, 0.4) is 0 Å². The molecule has 1 fully saturated rings. The summed E-state index contributed by atoms with van der Waals surface area (Å²) in [7, 11) is 0. The van der Waals surface area contributed by atoms with E-state index in [0.717, 1.165) is 19.3 Å². The first-order valence-electron chi connectivity index (χ1n) is 10.7. The predicted octanol–water partition coefficient (Wildman–Crippen LogP) is 5.03. The van der Waals surface area contributed by atoms with Crippen LogP contribution in [0.1, 0.15) is 79.6 Å². The quantitative estimate of drug-likeness (QED) is 0.152. The van der Waals surface area contributed by atoms with E-state index >= 15 is 0 Å². The molecule has 1 aliphatic rings. The van der Waals surface area contributed by atoms with Gasteiger partial charge >= 0.3 is 0 Å². The van der Waals surface area contributed by atoms with Gasteiger partial charge in [-0.1, -0.05) is 52.0 Å². The second-order valence-electron chi connectivity index (χ2n) is 7.23. The highest BCUT2D eigenvalue weighted by atomic mass is 16.9. The molecule has 3 unspecified atom stereocenters. The molecule has 0 N–H and O–H groups in total. The molecule has 0 amide bonds. The number of ketones is 1. The van der Waals surface area contributed by atoms with E-state index in [9.17, 15) is 4.79 Å². The Labute approximate surface area is 165 Å². The predicted molar refractivity (Wildman–Crippen MR) is 108 cm³/mol. The average Bonchev–Trinajstić information content (AvgIpc) is 3.41. The van der Waals surface area contributed by atoms with Crippen LogP contribution < -0.4 is 0 Å². The molecule has 1 saturated heterocycles. The summed E-state index contributed by atoms with van der Waals surface area (Å²) in [4.78, 5) is 12.3. The molecule has 3 atom stereocenters. The molecule has 0 aromatic carbocycles. The number of hydrogen-bond donors (Lipinski definition) is 0. The summed E-state index contributed by atoms with van der Waals surface area (Å²) >= 11 is 0. The van der Waals surface area contributed by atoms with Gasteiger partial charge < -0.3 is 18.9 Å². The largest absolute Gasteiger partial charge is 0.360 e. The Bertz CT molecular complexity index is 431. The van der Waals surface area contributed by atoms with Crippen molar-refractivity contribution in [1.82, 2.24) is 0 Å². The van der Waals surface area contributed by atoms with Crippen molar-refractivity contribution in [1.29, 1.82) is 0 Å². The monoisotopic (exact) mass is 384 g/mol. The van der Waals surface area contributed by atoms with Crippen LogP contribution in [0.5, 0.6) is 0 Å². The molecule has 1 rings (SSSR count). The van der Waals surface area contributed by atoms with E-state index in [2.05, 4.69) is 13.5 Å². The number of carbonyl (C=O) groups is 1. The molecular weight excluding hydrogens is 344 g/mol. The van der Waals surface area contributed by atoms with Crippen molar-refractivity contribution in [2.75, 3.05) is 19.8 Å². The zero-order valence-electron chi connectivity index (χ0n) is 18.1. The van der Waals surface area contributed by atoms with Gasteiger partial charge in [0.05, 0.1) is 5.92 Å². The number of epoxide rings is 1. The topological polar surface area (TPSA) is 57.3 Å². The Balaban J connectivity index is 2.87. The Kier molecular flexibility index (Phi) is 11.4. The first kappa shape index (κ1) is 24.3. The van der Waals surface area contributed by atoms with Crippen LogP contribution in [-0.2, 0) is 23.7 Å². The van der Waals surface area contributed by atoms with Gasteiger partial charge in [0, 0.05) is 19.8 Å². The van der Waals surface area contributed by atoms with Crippen molar-refractivity contribution in [2.45, 2.75) is 97.7 Å². The lowest BCUT2D eigenvalue weighted by Crippen LogP contribution is -2.49. The third-order valence-electron chi connectivity index (χ3n) is 4.96. The SMILES string of the molecule is C=C(C)C(=O)C1OC1C(CCCCCCCC)C(OCC)(OCC)OCC. The molecule has 0 radical (unpaired) electrons. The van der Waals surface area contributed by atoms with Gasteiger partial charge in [-0.2, -0.15) is 0 Å². The van der Waals surface area contributed by atoms with Gasteiger partial charge in [-0.3, -0.25) is 4.79 Å². The lowest BCUT2D eigenvalue weighted by Gasteiger charge is -2.38. The van der Waals surface area contributed by atoms with Crippen molar-refractivity contribution in [3.63, 3.8) is 0 Å². The molecule has 5 heteroatoms. The normalized spacial score (nSPS) is 20.5. The number of Topliss-reactive ketones (excluding diaryl/α,β-unsaturated/α-hetero) is 1. The minimum absolute atomic E-state index is 0.0358. The second kappa shape index (κ2) is 12.7. The second-order valence-corrected chi connectivity index (χ2v) is 7.23. The van der Waals surface area contributed by atoms with Gasteiger partial charge in [0.25, 0.3) is 5.97 Å². The highest BCUT2D eigenvalue weighted by molar-refractivity contribution is 5.99. The van der Waals surface area contributed by atoms with E-state index in [4.69, 9.17) is 18.9 Å². The van der Waals surface area contributed by atoms with Gasteiger partial charge in [-0.15, -0.1) is 0 Å². The summed E-state index contributed by atoms with van der Waals surface area (Å²) in [6, 6.07) is 0. The van der Waals surface area contributed by atoms with Crippen LogP contribution >= 0.6 is 0 Å². The third kappa shape index (κ3) is 7.30. The first-order valence-corrected chi connectivity index (χ1v) is 10.7. The molecule has 27 heavy (non-hydrogen) atoms. The van der Waals surface area contributed by atoms with E-state index in [-0.39, 0.29) is 17.8 Å². The molecule has 0 spiro atoms. The van der Waals surface area contributed by atoms with Gasteiger partial charge in [0.15, 0.2) is 5.78 Å². The van der Waals surface area contributed by atoms with E-state index in [1.807, 2.05) is 20.8 Å². The average molecular weight is 385 g/mol. The van der Waals surface area contributed by atoms with Gasteiger partial charge in [0.1, 0.15) is 12.2 Å². The van der Waals surface area contributed by atoms with Crippen LogP contribution in [-0.4, -0.2) is 43.8 Å². The zero-order valence-corrected chi connectivity index (χ0v) is 18.1. The Morgan fingerprint density at radius 1 is 0.963 bits per heavy atom. The molecule has 0 saturated carbocycles. The highest BCUT2D eigenvalue weighted by Crippen LogP contribution is 2.43.